The number of benzene rings is 3. The lowest BCUT2D eigenvalue weighted by Crippen LogP contribution is -2.53. The Morgan fingerprint density at radius 3 is 2.09 bits per heavy atom. The average Bonchev–Trinajstić information content (AvgIpc) is 3.54. The van der Waals surface area contributed by atoms with E-state index in [-0.39, 0.29) is 23.4 Å². The first kappa shape index (κ1) is 32.9. The van der Waals surface area contributed by atoms with E-state index < -0.39 is 28.5 Å². The third-order valence-corrected chi connectivity index (χ3v) is 9.71. The summed E-state index contributed by atoms with van der Waals surface area (Å²) in [5.41, 5.74) is 2.02. The van der Waals surface area contributed by atoms with Gasteiger partial charge in [0.25, 0.3) is 10.0 Å². The number of aryl methyl sites for hydroxylation is 1. The molecule has 0 aromatic heterocycles. The SMILES string of the molecule is CCOc1ccc(N(CC(=O)N(Cc2ccc(OC)cc2)[C@H](CC)C(=O)NC2CCCC2)S(=O)(=O)c2ccc(C)cc2)cc1. The van der Waals surface area contributed by atoms with Crippen LogP contribution in [0.5, 0.6) is 11.5 Å². The number of methoxy groups -OCH3 is 1. The van der Waals surface area contributed by atoms with Crippen LogP contribution in [0.1, 0.15) is 57.1 Å². The molecule has 10 heteroatoms. The number of nitrogens with zero attached hydrogens (tertiary/aromatic N) is 2. The zero-order valence-corrected chi connectivity index (χ0v) is 26.8. The molecule has 0 spiro atoms. The lowest BCUT2D eigenvalue weighted by atomic mass is 10.1. The van der Waals surface area contributed by atoms with Gasteiger partial charge in [-0.05, 0) is 87.2 Å². The van der Waals surface area contributed by atoms with Gasteiger partial charge in [0.1, 0.15) is 24.1 Å². The van der Waals surface area contributed by atoms with Crippen LogP contribution in [-0.2, 0) is 26.2 Å². The minimum absolute atomic E-state index is 0.0671. The minimum Gasteiger partial charge on any atom is -0.497 e. The molecule has 0 saturated heterocycles. The number of ether oxygens (including phenoxy) is 2. The zero-order chi connectivity index (χ0) is 31.7. The Morgan fingerprint density at radius 1 is 0.909 bits per heavy atom. The smallest absolute Gasteiger partial charge is 0.264 e. The molecule has 236 valence electrons. The van der Waals surface area contributed by atoms with E-state index in [0.717, 1.165) is 41.1 Å². The molecule has 1 atom stereocenters. The van der Waals surface area contributed by atoms with E-state index in [1.807, 2.05) is 32.9 Å². The van der Waals surface area contributed by atoms with Gasteiger partial charge in [0.05, 0.1) is 24.3 Å². The maximum absolute atomic E-state index is 14.3. The summed E-state index contributed by atoms with van der Waals surface area (Å²) in [6, 6.07) is 19.7. The molecular weight excluding hydrogens is 578 g/mol. The van der Waals surface area contributed by atoms with E-state index in [4.69, 9.17) is 9.47 Å². The van der Waals surface area contributed by atoms with E-state index in [1.54, 1.807) is 55.6 Å². The highest BCUT2D eigenvalue weighted by Gasteiger charge is 2.34. The van der Waals surface area contributed by atoms with Crippen molar-refractivity contribution in [2.45, 2.75) is 76.4 Å². The highest BCUT2D eigenvalue weighted by Crippen LogP contribution is 2.27. The van der Waals surface area contributed by atoms with Crippen molar-refractivity contribution in [2.75, 3.05) is 24.6 Å². The Labute approximate surface area is 261 Å². The Hall–Kier alpha value is -4.05. The molecule has 1 N–H and O–H groups in total. The summed E-state index contributed by atoms with van der Waals surface area (Å²) in [6.45, 7) is 5.70. The molecule has 0 unspecified atom stereocenters. The number of hydrogen-bond acceptors (Lipinski definition) is 6. The first-order chi connectivity index (χ1) is 21.2. The highest BCUT2D eigenvalue weighted by atomic mass is 32.2. The number of nitrogens with one attached hydrogen (secondary N) is 1. The zero-order valence-electron chi connectivity index (χ0n) is 26.0. The molecule has 0 bridgehead atoms. The molecule has 0 radical (unpaired) electrons. The summed E-state index contributed by atoms with van der Waals surface area (Å²) in [6.07, 6.45) is 4.31. The second kappa shape index (κ2) is 15.1. The lowest BCUT2D eigenvalue weighted by Gasteiger charge is -2.33. The van der Waals surface area contributed by atoms with Crippen molar-refractivity contribution < 1.29 is 27.5 Å². The Balaban J connectivity index is 1.71. The summed E-state index contributed by atoms with van der Waals surface area (Å²) in [5.74, 6) is 0.545. The van der Waals surface area contributed by atoms with Gasteiger partial charge in [-0.25, -0.2) is 8.42 Å². The topological polar surface area (TPSA) is 105 Å². The summed E-state index contributed by atoms with van der Waals surface area (Å²) >= 11 is 0. The summed E-state index contributed by atoms with van der Waals surface area (Å²) in [5, 5.41) is 3.14. The molecule has 1 aliphatic carbocycles. The monoisotopic (exact) mass is 621 g/mol. The van der Waals surface area contributed by atoms with Crippen LogP contribution in [0.3, 0.4) is 0 Å². The molecule has 44 heavy (non-hydrogen) atoms. The molecule has 1 aliphatic rings. The van der Waals surface area contributed by atoms with E-state index in [0.29, 0.717) is 30.2 Å². The van der Waals surface area contributed by atoms with Crippen molar-refractivity contribution >= 4 is 27.5 Å². The van der Waals surface area contributed by atoms with Crippen LogP contribution in [0.15, 0.2) is 77.7 Å². The van der Waals surface area contributed by atoms with Gasteiger partial charge in [0.15, 0.2) is 0 Å². The first-order valence-electron chi connectivity index (χ1n) is 15.2. The number of amides is 2. The van der Waals surface area contributed by atoms with Crippen molar-refractivity contribution in [2.24, 2.45) is 0 Å². The van der Waals surface area contributed by atoms with Gasteiger partial charge < -0.3 is 19.7 Å². The van der Waals surface area contributed by atoms with Gasteiger partial charge in [-0.15, -0.1) is 0 Å². The summed E-state index contributed by atoms with van der Waals surface area (Å²) in [4.78, 5) is 29.5. The fourth-order valence-electron chi connectivity index (χ4n) is 5.46. The maximum atomic E-state index is 14.3. The number of anilines is 1. The van der Waals surface area contributed by atoms with Gasteiger partial charge in [-0.3, -0.25) is 13.9 Å². The van der Waals surface area contributed by atoms with Crippen molar-refractivity contribution in [3.05, 3.63) is 83.9 Å². The van der Waals surface area contributed by atoms with E-state index in [1.165, 1.54) is 17.0 Å². The molecular formula is C34H43N3O6S. The molecule has 1 saturated carbocycles. The Bertz CT molecular complexity index is 1490. The second-order valence-corrected chi connectivity index (χ2v) is 12.9. The molecule has 2 amide bonds. The predicted molar refractivity (Wildman–Crippen MR) is 171 cm³/mol. The molecule has 9 nitrogen and oxygen atoms in total. The van der Waals surface area contributed by atoms with Crippen LogP contribution in [0, 0.1) is 6.92 Å². The molecule has 0 heterocycles. The van der Waals surface area contributed by atoms with E-state index >= 15 is 0 Å². The Kier molecular flexibility index (Phi) is 11.3. The molecule has 1 fully saturated rings. The molecule has 3 aromatic carbocycles. The third-order valence-electron chi connectivity index (χ3n) is 7.92. The quantitative estimate of drug-likeness (QED) is 0.256. The van der Waals surface area contributed by atoms with Crippen molar-refractivity contribution in [3.63, 3.8) is 0 Å². The molecule has 4 rings (SSSR count). The van der Waals surface area contributed by atoms with Crippen LogP contribution in [0.25, 0.3) is 0 Å². The number of sulfonamides is 1. The third kappa shape index (κ3) is 8.11. The van der Waals surface area contributed by atoms with Crippen molar-refractivity contribution in [3.8, 4) is 11.5 Å². The summed E-state index contributed by atoms with van der Waals surface area (Å²) in [7, 11) is -2.57. The fourth-order valence-corrected chi connectivity index (χ4v) is 6.87. The van der Waals surface area contributed by atoms with E-state index in [2.05, 4.69) is 5.32 Å². The molecule has 3 aromatic rings. The lowest BCUT2D eigenvalue weighted by molar-refractivity contribution is -0.140. The van der Waals surface area contributed by atoms with Crippen LogP contribution < -0.4 is 19.1 Å². The van der Waals surface area contributed by atoms with Crippen LogP contribution >= 0.6 is 0 Å². The number of rotatable bonds is 14. The van der Waals surface area contributed by atoms with Crippen LogP contribution in [0.4, 0.5) is 5.69 Å². The van der Waals surface area contributed by atoms with Crippen LogP contribution in [0.2, 0.25) is 0 Å². The van der Waals surface area contributed by atoms with Crippen molar-refractivity contribution in [1.29, 1.82) is 0 Å². The number of carbonyl (C=O) groups excluding carboxylic acids is 2. The number of carbonyl (C=O) groups is 2. The first-order valence-corrected chi connectivity index (χ1v) is 16.6. The Morgan fingerprint density at radius 2 is 1.52 bits per heavy atom. The predicted octanol–water partition coefficient (Wildman–Crippen LogP) is 5.46. The van der Waals surface area contributed by atoms with Gasteiger partial charge >= 0.3 is 0 Å². The average molecular weight is 622 g/mol. The maximum Gasteiger partial charge on any atom is 0.264 e. The fraction of sp³-hybridized carbons (Fsp3) is 0.412. The van der Waals surface area contributed by atoms with Crippen LogP contribution in [-0.4, -0.2) is 57.5 Å². The normalized spacial score (nSPS) is 14.1. The van der Waals surface area contributed by atoms with Gasteiger partial charge in [-0.2, -0.15) is 0 Å². The summed E-state index contributed by atoms with van der Waals surface area (Å²) < 4.78 is 40.1. The molecule has 0 aliphatic heterocycles. The second-order valence-electron chi connectivity index (χ2n) is 11.0. The minimum atomic E-state index is -4.15. The standard InChI is InChI=1S/C34H43N3O6S/c1-5-32(34(39)35-27-9-7-8-10-27)36(23-26-13-17-29(42-4)18-14-26)33(38)24-37(28-15-19-30(20-16-28)43-6-2)44(40,41)31-21-11-25(3)12-22-31/h11-22,27,32H,5-10,23-24H2,1-4H3,(H,35,39)/t32-/m1/s1. The van der Waals surface area contributed by atoms with Crippen molar-refractivity contribution in [1.82, 2.24) is 10.2 Å². The van der Waals surface area contributed by atoms with E-state index in [9.17, 15) is 18.0 Å². The number of hydrogen-bond donors (Lipinski definition) is 1. The largest absolute Gasteiger partial charge is 0.497 e. The van der Waals surface area contributed by atoms with Gasteiger partial charge in [0.2, 0.25) is 11.8 Å². The van der Waals surface area contributed by atoms with Gasteiger partial charge in [-0.1, -0.05) is 49.6 Å². The highest BCUT2D eigenvalue weighted by molar-refractivity contribution is 7.92. The van der Waals surface area contributed by atoms with Gasteiger partial charge in [0, 0.05) is 12.6 Å².